The molecule has 0 amide bonds. The van der Waals surface area contributed by atoms with Gasteiger partial charge >= 0.3 is 0 Å². The summed E-state index contributed by atoms with van der Waals surface area (Å²) < 4.78 is 5.86. The first-order valence-electron chi connectivity index (χ1n) is 10.2. The quantitative estimate of drug-likeness (QED) is 0.601. The summed E-state index contributed by atoms with van der Waals surface area (Å²) >= 11 is 0. The van der Waals surface area contributed by atoms with Crippen LogP contribution in [0.25, 0.3) is 0 Å². The summed E-state index contributed by atoms with van der Waals surface area (Å²) in [6, 6.07) is 8.41. The van der Waals surface area contributed by atoms with Crippen molar-refractivity contribution in [2.24, 2.45) is 16.6 Å². The Morgan fingerprint density at radius 3 is 2.50 bits per heavy atom. The van der Waals surface area contributed by atoms with Crippen molar-refractivity contribution in [2.45, 2.75) is 39.0 Å². The maximum Gasteiger partial charge on any atom is 0.191 e. The first-order chi connectivity index (χ1) is 12.7. The topological polar surface area (TPSA) is 54.1 Å². The summed E-state index contributed by atoms with van der Waals surface area (Å²) in [6.07, 6.45) is 6.01. The smallest absolute Gasteiger partial charge is 0.191 e. The first kappa shape index (κ1) is 19.0. The molecule has 2 saturated heterocycles. The fraction of sp³-hybridized carbons (Fsp3) is 0.667. The summed E-state index contributed by atoms with van der Waals surface area (Å²) in [7, 11) is 0. The Labute approximate surface area is 158 Å². The lowest BCUT2D eigenvalue weighted by Crippen LogP contribution is -2.42. The Bertz CT molecular complexity index is 558. The molecule has 5 heteroatoms. The maximum absolute atomic E-state index is 6.14. The fourth-order valence-corrected chi connectivity index (χ4v) is 3.69. The highest BCUT2D eigenvalue weighted by molar-refractivity contribution is 5.78. The summed E-state index contributed by atoms with van der Waals surface area (Å²) in [5, 5.41) is 0. The van der Waals surface area contributed by atoms with E-state index in [1.807, 2.05) is 0 Å². The van der Waals surface area contributed by atoms with Gasteiger partial charge < -0.3 is 15.4 Å². The molecule has 2 heterocycles. The molecule has 144 valence electrons. The zero-order valence-electron chi connectivity index (χ0n) is 16.2. The summed E-state index contributed by atoms with van der Waals surface area (Å²) in [5.41, 5.74) is 7.42. The highest BCUT2D eigenvalue weighted by Crippen LogP contribution is 2.16. The predicted octanol–water partition coefficient (Wildman–Crippen LogP) is 2.75. The lowest BCUT2D eigenvalue weighted by molar-refractivity contribution is 0.238. The fourth-order valence-electron chi connectivity index (χ4n) is 3.69. The van der Waals surface area contributed by atoms with Crippen molar-refractivity contribution in [1.29, 1.82) is 0 Å². The molecule has 2 aliphatic heterocycles. The summed E-state index contributed by atoms with van der Waals surface area (Å²) in [5.74, 6) is 2.48. The van der Waals surface area contributed by atoms with Crippen molar-refractivity contribution in [3.63, 3.8) is 0 Å². The van der Waals surface area contributed by atoms with Gasteiger partial charge in [-0.2, -0.15) is 0 Å². The Morgan fingerprint density at radius 2 is 1.81 bits per heavy atom. The number of rotatable bonds is 7. The number of hydrogen-bond donors (Lipinski definition) is 1. The molecule has 1 aromatic carbocycles. The van der Waals surface area contributed by atoms with E-state index in [2.05, 4.69) is 46.0 Å². The molecule has 0 radical (unpaired) electrons. The van der Waals surface area contributed by atoms with Gasteiger partial charge in [0.15, 0.2) is 5.96 Å². The number of benzene rings is 1. The van der Waals surface area contributed by atoms with Crippen LogP contribution in [-0.4, -0.2) is 61.6 Å². The van der Waals surface area contributed by atoms with Gasteiger partial charge in [-0.05, 0) is 68.8 Å². The third kappa shape index (κ3) is 5.90. The van der Waals surface area contributed by atoms with Crippen LogP contribution in [0.5, 0.6) is 5.75 Å². The second-order valence-corrected chi connectivity index (χ2v) is 7.70. The molecule has 2 aliphatic rings. The van der Waals surface area contributed by atoms with Crippen LogP contribution in [0, 0.1) is 5.92 Å². The van der Waals surface area contributed by atoms with Crippen LogP contribution in [0.4, 0.5) is 0 Å². The molecule has 0 saturated carbocycles. The van der Waals surface area contributed by atoms with Gasteiger partial charge in [0.1, 0.15) is 12.4 Å². The minimum Gasteiger partial charge on any atom is -0.492 e. The molecule has 1 aromatic rings. The van der Waals surface area contributed by atoms with Crippen LogP contribution < -0.4 is 10.5 Å². The van der Waals surface area contributed by atoms with E-state index in [4.69, 9.17) is 10.5 Å². The Morgan fingerprint density at radius 1 is 1.12 bits per heavy atom. The van der Waals surface area contributed by atoms with E-state index < -0.39 is 0 Å². The van der Waals surface area contributed by atoms with Crippen molar-refractivity contribution in [3.05, 3.63) is 29.8 Å². The molecule has 0 spiro atoms. The van der Waals surface area contributed by atoms with Gasteiger partial charge in [-0.1, -0.05) is 19.1 Å². The zero-order valence-corrected chi connectivity index (χ0v) is 16.2. The number of ether oxygens (including phenoxy) is 1. The second kappa shape index (κ2) is 9.81. The van der Waals surface area contributed by atoms with E-state index in [0.717, 1.165) is 50.9 Å². The molecule has 0 aliphatic carbocycles. The van der Waals surface area contributed by atoms with Gasteiger partial charge in [0, 0.05) is 26.2 Å². The van der Waals surface area contributed by atoms with Crippen LogP contribution in [0.3, 0.4) is 0 Å². The lowest BCUT2D eigenvalue weighted by atomic mass is 10.00. The number of nitrogens with zero attached hydrogens (tertiary/aromatic N) is 3. The van der Waals surface area contributed by atoms with E-state index in [1.165, 1.54) is 44.3 Å². The average molecular weight is 359 g/mol. The molecule has 0 unspecified atom stereocenters. The molecular weight excluding hydrogens is 324 g/mol. The van der Waals surface area contributed by atoms with Gasteiger partial charge in [0.05, 0.1) is 0 Å². The number of hydrogen-bond acceptors (Lipinski definition) is 3. The van der Waals surface area contributed by atoms with Crippen LogP contribution in [-0.2, 0) is 6.42 Å². The normalized spacial score (nSPS) is 19.9. The van der Waals surface area contributed by atoms with E-state index in [-0.39, 0.29) is 0 Å². The van der Waals surface area contributed by atoms with Gasteiger partial charge in [-0.25, -0.2) is 0 Å². The Hall–Kier alpha value is -1.75. The number of nitrogens with two attached hydrogens (primary N) is 1. The van der Waals surface area contributed by atoms with Crippen LogP contribution in [0.15, 0.2) is 29.3 Å². The van der Waals surface area contributed by atoms with Crippen molar-refractivity contribution in [3.8, 4) is 5.75 Å². The monoisotopic (exact) mass is 358 g/mol. The molecule has 3 rings (SSSR count). The number of piperidine rings is 1. The minimum absolute atomic E-state index is 0.707. The Kier molecular flexibility index (Phi) is 7.18. The zero-order chi connectivity index (χ0) is 18.2. The molecule has 0 atom stereocenters. The van der Waals surface area contributed by atoms with E-state index in [0.29, 0.717) is 5.96 Å². The molecule has 2 N–H and O–H groups in total. The van der Waals surface area contributed by atoms with Gasteiger partial charge in [-0.3, -0.25) is 9.89 Å². The second-order valence-electron chi connectivity index (χ2n) is 7.70. The summed E-state index contributed by atoms with van der Waals surface area (Å²) in [6.45, 7) is 9.39. The van der Waals surface area contributed by atoms with Crippen molar-refractivity contribution < 1.29 is 4.74 Å². The first-order valence-corrected chi connectivity index (χ1v) is 10.2. The van der Waals surface area contributed by atoms with Crippen molar-refractivity contribution in [2.75, 3.05) is 45.9 Å². The average Bonchev–Trinajstić information content (AvgIpc) is 3.17. The lowest BCUT2D eigenvalue weighted by Gasteiger charge is -2.31. The van der Waals surface area contributed by atoms with E-state index in [9.17, 15) is 0 Å². The molecular formula is C21H34N4O. The van der Waals surface area contributed by atoms with Gasteiger partial charge in [0.2, 0.25) is 0 Å². The molecule has 2 fully saturated rings. The third-order valence-corrected chi connectivity index (χ3v) is 5.58. The number of aliphatic imine (C=N–C) groups is 1. The summed E-state index contributed by atoms with van der Waals surface area (Å²) in [4.78, 5) is 9.26. The number of guanidine groups is 1. The van der Waals surface area contributed by atoms with Crippen molar-refractivity contribution >= 4 is 5.96 Å². The largest absolute Gasteiger partial charge is 0.492 e. The minimum atomic E-state index is 0.707. The van der Waals surface area contributed by atoms with E-state index in [1.54, 1.807) is 0 Å². The van der Waals surface area contributed by atoms with E-state index >= 15 is 0 Å². The highest BCUT2D eigenvalue weighted by Gasteiger charge is 2.16. The molecule has 5 nitrogen and oxygen atoms in total. The van der Waals surface area contributed by atoms with Crippen LogP contribution >= 0.6 is 0 Å². The SMILES string of the molecule is CC1CCN(C(N)=NCCc2ccc(OCCN3CCCC3)cc2)CC1. The molecule has 0 bridgehead atoms. The standard InChI is InChI=1S/C21H34N4O/c1-18-9-14-25(15-10-18)21(22)23-11-8-19-4-6-20(7-5-19)26-17-16-24-12-2-3-13-24/h4-7,18H,2-3,8-17H2,1H3,(H2,22,23). The third-order valence-electron chi connectivity index (χ3n) is 5.58. The molecule has 0 aromatic heterocycles. The Balaban J connectivity index is 1.36. The van der Waals surface area contributed by atoms with Crippen molar-refractivity contribution in [1.82, 2.24) is 9.80 Å². The maximum atomic E-state index is 6.14. The van der Waals surface area contributed by atoms with Crippen LogP contribution in [0.2, 0.25) is 0 Å². The van der Waals surface area contributed by atoms with Gasteiger partial charge in [-0.15, -0.1) is 0 Å². The number of likely N-dealkylation sites (tertiary alicyclic amines) is 2. The van der Waals surface area contributed by atoms with Crippen LogP contribution in [0.1, 0.15) is 38.2 Å². The molecule has 26 heavy (non-hydrogen) atoms. The van der Waals surface area contributed by atoms with Gasteiger partial charge in [0.25, 0.3) is 0 Å². The highest BCUT2D eigenvalue weighted by atomic mass is 16.5. The predicted molar refractivity (Wildman–Crippen MR) is 108 cm³/mol.